The lowest BCUT2D eigenvalue weighted by molar-refractivity contribution is -0.121. The van der Waals surface area contributed by atoms with E-state index in [0.717, 1.165) is 13.0 Å². The summed E-state index contributed by atoms with van der Waals surface area (Å²) >= 11 is 1.21. The number of hydrogen-bond donors (Lipinski definition) is 2. The summed E-state index contributed by atoms with van der Waals surface area (Å²) in [6, 6.07) is 2.43. The highest BCUT2D eigenvalue weighted by molar-refractivity contribution is 8.93. The normalized spacial score (nSPS) is 19.2. The van der Waals surface area contributed by atoms with Gasteiger partial charge in [-0.2, -0.15) is 0 Å². The molecule has 2 atom stereocenters. The Morgan fingerprint density at radius 2 is 2.19 bits per heavy atom. The zero-order valence-corrected chi connectivity index (χ0v) is 18.9. The van der Waals surface area contributed by atoms with E-state index in [1.165, 1.54) is 34.8 Å². The number of carbonyl (C=O) groups excluding carboxylic acids is 1. The number of nitrogens with zero attached hydrogens (tertiary/aromatic N) is 2. The number of thioether (sulfide) groups is 1. The van der Waals surface area contributed by atoms with Crippen molar-refractivity contribution in [1.29, 1.82) is 0 Å². The van der Waals surface area contributed by atoms with Gasteiger partial charge in [0, 0.05) is 23.4 Å². The number of carbonyl (C=O) groups is 1. The van der Waals surface area contributed by atoms with Gasteiger partial charge in [0.05, 0.1) is 29.9 Å². The summed E-state index contributed by atoms with van der Waals surface area (Å²) < 4.78 is 15.0. The molecule has 0 radical (unpaired) electrons. The van der Waals surface area contributed by atoms with Crippen LogP contribution in [0.1, 0.15) is 19.3 Å². The van der Waals surface area contributed by atoms with E-state index in [9.17, 15) is 19.1 Å². The highest BCUT2D eigenvalue weighted by Crippen LogP contribution is 2.22. The lowest BCUT2D eigenvalue weighted by atomic mass is 9.97. The van der Waals surface area contributed by atoms with Crippen molar-refractivity contribution < 1.29 is 14.3 Å². The van der Waals surface area contributed by atoms with Crippen LogP contribution in [0.15, 0.2) is 28.2 Å². The molecule has 0 aliphatic carbocycles. The molecular formula is C17H22Br2FN3O3S. The van der Waals surface area contributed by atoms with Gasteiger partial charge < -0.3 is 10.4 Å². The minimum absolute atomic E-state index is 0. The molecule has 0 spiro atoms. The maximum absolute atomic E-state index is 13.8. The number of fused-ring (bicyclic) bond motifs is 1. The Morgan fingerprint density at radius 3 is 2.85 bits per heavy atom. The van der Waals surface area contributed by atoms with E-state index in [1.807, 2.05) is 0 Å². The second-order valence-corrected chi connectivity index (χ2v) is 7.04. The molecule has 6 nitrogen and oxygen atoms in total. The van der Waals surface area contributed by atoms with Crippen molar-refractivity contribution >= 4 is 62.4 Å². The zero-order valence-electron chi connectivity index (χ0n) is 14.7. The Labute approximate surface area is 181 Å². The first-order valence-corrected chi connectivity index (χ1v) is 9.38. The van der Waals surface area contributed by atoms with Crippen LogP contribution >= 0.6 is 45.7 Å². The molecule has 27 heavy (non-hydrogen) atoms. The number of halogens is 3. The molecular weight excluding hydrogens is 505 g/mol. The van der Waals surface area contributed by atoms with E-state index >= 15 is 0 Å². The van der Waals surface area contributed by atoms with Gasteiger partial charge in [0.25, 0.3) is 5.56 Å². The quantitative estimate of drug-likeness (QED) is 0.582. The number of hydrogen-bond acceptors (Lipinski definition) is 6. The van der Waals surface area contributed by atoms with Crippen LogP contribution in [-0.2, 0) is 11.3 Å². The van der Waals surface area contributed by atoms with Crippen LogP contribution in [-0.4, -0.2) is 45.4 Å². The molecule has 0 bridgehead atoms. The summed E-state index contributed by atoms with van der Waals surface area (Å²) in [6.07, 6.45) is 4.16. The molecule has 1 saturated heterocycles. The molecule has 1 fully saturated rings. The smallest absolute Gasteiger partial charge is 0.261 e. The summed E-state index contributed by atoms with van der Waals surface area (Å²) in [4.78, 5) is 29.3. The van der Waals surface area contributed by atoms with E-state index in [1.54, 1.807) is 6.26 Å². The van der Waals surface area contributed by atoms with Crippen molar-refractivity contribution in [2.45, 2.75) is 42.8 Å². The number of piperidine rings is 1. The Bertz CT molecular complexity index is 865. The van der Waals surface area contributed by atoms with Crippen LogP contribution in [0.4, 0.5) is 4.39 Å². The van der Waals surface area contributed by atoms with E-state index in [2.05, 4.69) is 10.3 Å². The highest BCUT2D eigenvalue weighted by Gasteiger charge is 2.25. The summed E-state index contributed by atoms with van der Waals surface area (Å²) in [5.74, 6) is -0.577. The lowest BCUT2D eigenvalue weighted by Gasteiger charge is -2.28. The maximum Gasteiger partial charge on any atom is 0.261 e. The van der Waals surface area contributed by atoms with Crippen LogP contribution < -0.4 is 10.9 Å². The zero-order chi connectivity index (χ0) is 18.0. The predicted molar refractivity (Wildman–Crippen MR) is 115 cm³/mol. The number of aromatic nitrogens is 2. The van der Waals surface area contributed by atoms with Crippen molar-refractivity contribution in [2.24, 2.45) is 0 Å². The third kappa shape index (κ3) is 5.60. The number of ketones is 1. The SMILES string of the molecule is Br.Br.CSc1cc2c(=O)n(CC(=O)C[C@@H]3NCCC[C@H]3O)cnc2cc1F. The standard InChI is InChI=1S/C17H20FN3O3S.2BrH/c1-25-16-6-11-13(7-12(16)18)20-9-21(17(11)24)8-10(22)5-14-15(23)3-2-4-19-14;;/h6-7,9,14-15,19,23H,2-5,8H2,1H3;2*1H/t14-,15+;;/m0../s1. The molecule has 10 heteroatoms. The molecule has 0 unspecified atom stereocenters. The van der Waals surface area contributed by atoms with Crippen molar-refractivity contribution in [1.82, 2.24) is 14.9 Å². The molecule has 1 aromatic carbocycles. The number of aliphatic hydroxyl groups is 1. The van der Waals surface area contributed by atoms with Gasteiger partial charge in [-0.15, -0.1) is 45.7 Å². The Balaban J connectivity index is 0.00000182. The number of benzene rings is 1. The average Bonchev–Trinajstić information content (AvgIpc) is 2.59. The van der Waals surface area contributed by atoms with E-state index in [0.29, 0.717) is 11.3 Å². The van der Waals surface area contributed by atoms with Crippen molar-refractivity contribution in [3.8, 4) is 0 Å². The molecule has 150 valence electrons. The minimum atomic E-state index is -0.545. The van der Waals surface area contributed by atoms with Crippen LogP contribution in [0.3, 0.4) is 0 Å². The predicted octanol–water partition coefficient (Wildman–Crippen LogP) is 2.49. The van der Waals surface area contributed by atoms with Crippen LogP contribution in [0.25, 0.3) is 10.9 Å². The highest BCUT2D eigenvalue weighted by atomic mass is 79.9. The fraction of sp³-hybridized carbons (Fsp3) is 0.471. The van der Waals surface area contributed by atoms with Crippen molar-refractivity contribution in [2.75, 3.05) is 12.8 Å². The van der Waals surface area contributed by atoms with Crippen LogP contribution in [0.2, 0.25) is 0 Å². The summed E-state index contributed by atoms with van der Waals surface area (Å²) in [5.41, 5.74) is -0.0980. The first-order chi connectivity index (χ1) is 12.0. The fourth-order valence-corrected chi connectivity index (χ4v) is 3.56. The first-order valence-electron chi connectivity index (χ1n) is 8.15. The minimum Gasteiger partial charge on any atom is -0.391 e. The average molecular weight is 527 g/mol. The van der Waals surface area contributed by atoms with Crippen molar-refractivity contribution in [3.05, 3.63) is 34.6 Å². The number of Topliss-reactive ketones (excluding diaryl/α,β-unsaturated/α-hetero) is 1. The van der Waals surface area contributed by atoms with Crippen LogP contribution in [0, 0.1) is 5.82 Å². The Morgan fingerprint density at radius 1 is 1.44 bits per heavy atom. The lowest BCUT2D eigenvalue weighted by Crippen LogP contribution is -2.46. The van der Waals surface area contributed by atoms with Gasteiger partial charge in [-0.05, 0) is 31.7 Å². The van der Waals surface area contributed by atoms with E-state index in [4.69, 9.17) is 0 Å². The second kappa shape index (κ2) is 10.7. The van der Waals surface area contributed by atoms with Crippen LogP contribution in [0.5, 0.6) is 0 Å². The molecule has 0 saturated carbocycles. The Kier molecular flexibility index (Phi) is 9.56. The first kappa shape index (κ1) is 24.2. The molecule has 1 aliphatic rings. The second-order valence-electron chi connectivity index (χ2n) is 6.19. The van der Waals surface area contributed by atoms with Gasteiger partial charge in [0.2, 0.25) is 0 Å². The molecule has 2 heterocycles. The van der Waals surface area contributed by atoms with Gasteiger partial charge in [0.15, 0.2) is 5.78 Å². The monoisotopic (exact) mass is 525 g/mol. The molecule has 2 aromatic rings. The van der Waals surface area contributed by atoms with Gasteiger partial charge in [-0.1, -0.05) is 0 Å². The van der Waals surface area contributed by atoms with Gasteiger partial charge in [0.1, 0.15) is 5.82 Å². The third-order valence-corrected chi connectivity index (χ3v) is 5.19. The van der Waals surface area contributed by atoms with E-state index in [-0.39, 0.29) is 75.2 Å². The molecule has 2 N–H and O–H groups in total. The number of nitrogens with one attached hydrogen (secondary N) is 1. The maximum atomic E-state index is 13.8. The van der Waals surface area contributed by atoms with Crippen molar-refractivity contribution in [3.63, 3.8) is 0 Å². The number of aliphatic hydroxyl groups excluding tert-OH is 1. The number of rotatable bonds is 5. The third-order valence-electron chi connectivity index (χ3n) is 4.44. The van der Waals surface area contributed by atoms with Gasteiger partial charge in [-0.3, -0.25) is 14.2 Å². The molecule has 1 aliphatic heterocycles. The fourth-order valence-electron chi connectivity index (χ4n) is 3.07. The molecule has 0 amide bonds. The summed E-state index contributed by atoms with van der Waals surface area (Å²) in [5, 5.41) is 13.4. The van der Waals surface area contributed by atoms with Gasteiger partial charge >= 0.3 is 0 Å². The Hall–Kier alpha value is -0.810. The molecule has 3 rings (SSSR count). The topological polar surface area (TPSA) is 84.2 Å². The van der Waals surface area contributed by atoms with E-state index < -0.39 is 11.9 Å². The summed E-state index contributed by atoms with van der Waals surface area (Å²) in [6.45, 7) is 0.661. The molecule has 1 aromatic heterocycles. The van der Waals surface area contributed by atoms with Gasteiger partial charge in [-0.25, -0.2) is 9.37 Å². The summed E-state index contributed by atoms with van der Waals surface area (Å²) in [7, 11) is 0. The largest absolute Gasteiger partial charge is 0.391 e.